The Morgan fingerprint density at radius 3 is 2.57 bits per heavy atom. The summed E-state index contributed by atoms with van der Waals surface area (Å²) < 4.78 is 33.9. The zero-order chi connectivity index (χ0) is 20.6. The molecule has 0 spiro atoms. The van der Waals surface area contributed by atoms with Gasteiger partial charge in [-0.2, -0.15) is 0 Å². The van der Waals surface area contributed by atoms with Gasteiger partial charge in [-0.15, -0.1) is 0 Å². The first-order chi connectivity index (χ1) is 13.3. The second kappa shape index (κ2) is 7.30. The molecule has 0 radical (unpaired) electrons. The van der Waals surface area contributed by atoms with Gasteiger partial charge in [0.05, 0.1) is 23.7 Å². The fourth-order valence-corrected chi connectivity index (χ4v) is 3.16. The summed E-state index contributed by atoms with van der Waals surface area (Å²) in [5.74, 6) is -2.93. The molecule has 8 heteroatoms. The van der Waals surface area contributed by atoms with Crippen molar-refractivity contribution in [2.24, 2.45) is 7.05 Å². The predicted molar refractivity (Wildman–Crippen MR) is 101 cm³/mol. The largest absolute Gasteiger partial charge is 0.506 e. The lowest BCUT2D eigenvalue weighted by molar-refractivity contribution is 0.0983. The van der Waals surface area contributed by atoms with E-state index in [2.05, 4.69) is 0 Å². The number of ether oxygens (including phenoxy) is 1. The highest BCUT2D eigenvalue weighted by Crippen LogP contribution is 2.35. The van der Waals surface area contributed by atoms with Gasteiger partial charge in [-0.05, 0) is 31.2 Å². The first kappa shape index (κ1) is 19.3. The number of pyridine rings is 1. The Bertz CT molecular complexity index is 1140. The third kappa shape index (κ3) is 2.96. The van der Waals surface area contributed by atoms with Gasteiger partial charge in [0.25, 0.3) is 11.5 Å². The number of carbonyl (C=O) groups is 1. The molecule has 0 unspecified atom stereocenters. The lowest BCUT2D eigenvalue weighted by atomic mass is 10.1. The van der Waals surface area contributed by atoms with Gasteiger partial charge in [-0.1, -0.05) is 6.07 Å². The molecule has 3 rings (SSSR count). The van der Waals surface area contributed by atoms with E-state index in [1.54, 1.807) is 25.1 Å². The molecule has 0 saturated heterocycles. The van der Waals surface area contributed by atoms with E-state index in [1.165, 1.54) is 18.7 Å². The van der Waals surface area contributed by atoms with Crippen LogP contribution in [0.1, 0.15) is 17.3 Å². The Kier molecular flexibility index (Phi) is 5.04. The van der Waals surface area contributed by atoms with Gasteiger partial charge in [-0.3, -0.25) is 9.59 Å². The van der Waals surface area contributed by atoms with Crippen LogP contribution in [-0.4, -0.2) is 29.2 Å². The molecular weight excluding hydrogens is 370 g/mol. The zero-order valence-electron chi connectivity index (χ0n) is 15.5. The molecule has 0 bridgehead atoms. The van der Waals surface area contributed by atoms with E-state index in [0.717, 1.165) is 17.0 Å². The van der Waals surface area contributed by atoms with Crippen molar-refractivity contribution in [1.29, 1.82) is 0 Å². The van der Waals surface area contributed by atoms with Crippen LogP contribution in [-0.2, 0) is 7.05 Å². The number of benzene rings is 2. The number of carbonyl (C=O) groups excluding carboxylic acids is 1. The molecule has 146 valence electrons. The van der Waals surface area contributed by atoms with Crippen molar-refractivity contribution in [2.45, 2.75) is 6.92 Å². The molecule has 1 N–H and O–H groups in total. The van der Waals surface area contributed by atoms with Gasteiger partial charge < -0.3 is 19.3 Å². The molecule has 0 aliphatic heterocycles. The van der Waals surface area contributed by atoms with Crippen LogP contribution in [0.4, 0.5) is 14.5 Å². The van der Waals surface area contributed by atoms with Crippen LogP contribution in [0.2, 0.25) is 0 Å². The maximum atomic E-state index is 14.2. The number of nitrogens with zero attached hydrogens (tertiary/aromatic N) is 2. The second-order valence-electron chi connectivity index (χ2n) is 6.09. The number of amides is 1. The molecular formula is C20H18F2N2O4. The van der Waals surface area contributed by atoms with E-state index < -0.39 is 34.4 Å². The summed E-state index contributed by atoms with van der Waals surface area (Å²) in [6, 6.07) is 7.59. The highest BCUT2D eigenvalue weighted by Gasteiger charge is 2.28. The number of aryl methyl sites for hydroxylation is 1. The molecule has 0 fully saturated rings. The van der Waals surface area contributed by atoms with Gasteiger partial charge >= 0.3 is 0 Å². The molecule has 28 heavy (non-hydrogen) atoms. The molecule has 0 atom stereocenters. The molecule has 0 aliphatic rings. The Labute approximate surface area is 159 Å². The van der Waals surface area contributed by atoms with E-state index >= 15 is 0 Å². The minimum atomic E-state index is -0.954. The fourth-order valence-electron chi connectivity index (χ4n) is 3.16. The first-order valence-corrected chi connectivity index (χ1v) is 8.47. The van der Waals surface area contributed by atoms with Gasteiger partial charge in [0.2, 0.25) is 0 Å². The average Bonchev–Trinajstić information content (AvgIpc) is 2.67. The first-order valence-electron chi connectivity index (χ1n) is 8.47. The molecule has 2 aromatic carbocycles. The Hall–Kier alpha value is -3.42. The number of aromatic hydroxyl groups is 1. The molecule has 1 aromatic heterocycles. The van der Waals surface area contributed by atoms with Crippen molar-refractivity contribution in [1.82, 2.24) is 4.57 Å². The van der Waals surface area contributed by atoms with Crippen molar-refractivity contribution >= 4 is 22.5 Å². The lowest BCUT2D eigenvalue weighted by Gasteiger charge is -2.23. The standard InChI is InChI=1S/C20H18F2N2O4/c1-4-24(13-9-8-11(21)10-12(13)22)20(27)17-18(25)16-14(23(2)19(17)26)6-5-7-15(16)28-3/h5-10,25H,4H2,1-3H3. The quantitative estimate of drug-likeness (QED) is 0.745. The van der Waals surface area contributed by atoms with Gasteiger partial charge in [-0.25, -0.2) is 8.78 Å². The van der Waals surface area contributed by atoms with Crippen molar-refractivity contribution in [3.05, 3.63) is 63.9 Å². The number of halogens is 2. The number of hydrogen-bond donors (Lipinski definition) is 1. The van der Waals surface area contributed by atoms with E-state index in [0.29, 0.717) is 11.6 Å². The number of methoxy groups -OCH3 is 1. The number of anilines is 1. The third-order valence-electron chi connectivity index (χ3n) is 4.55. The normalized spacial score (nSPS) is 10.9. The number of rotatable bonds is 4. The SMILES string of the molecule is CCN(C(=O)c1c(O)c2c(OC)cccc2n(C)c1=O)c1ccc(F)cc1F. The lowest BCUT2D eigenvalue weighted by Crippen LogP contribution is -2.37. The van der Waals surface area contributed by atoms with Crippen LogP contribution >= 0.6 is 0 Å². The second-order valence-corrected chi connectivity index (χ2v) is 6.09. The number of hydrogen-bond acceptors (Lipinski definition) is 4. The molecule has 1 amide bonds. The maximum absolute atomic E-state index is 14.2. The van der Waals surface area contributed by atoms with Gasteiger partial charge in [0.15, 0.2) is 0 Å². The van der Waals surface area contributed by atoms with Crippen LogP contribution in [0, 0.1) is 11.6 Å². The van der Waals surface area contributed by atoms with Crippen molar-refractivity contribution < 1.29 is 23.4 Å². The number of aromatic nitrogens is 1. The van der Waals surface area contributed by atoms with Crippen molar-refractivity contribution in [3.63, 3.8) is 0 Å². The van der Waals surface area contributed by atoms with Crippen molar-refractivity contribution in [2.75, 3.05) is 18.6 Å². The van der Waals surface area contributed by atoms with E-state index in [1.807, 2.05) is 0 Å². The van der Waals surface area contributed by atoms with E-state index in [9.17, 15) is 23.5 Å². The molecule has 1 heterocycles. The Morgan fingerprint density at radius 2 is 1.96 bits per heavy atom. The number of fused-ring (bicyclic) bond motifs is 1. The van der Waals surface area contributed by atoms with Crippen molar-refractivity contribution in [3.8, 4) is 11.5 Å². The van der Waals surface area contributed by atoms with Crippen LogP contribution in [0.5, 0.6) is 11.5 Å². The summed E-state index contributed by atoms with van der Waals surface area (Å²) >= 11 is 0. The molecule has 0 saturated carbocycles. The van der Waals surface area contributed by atoms with E-state index in [4.69, 9.17) is 4.74 Å². The highest BCUT2D eigenvalue weighted by molar-refractivity contribution is 6.11. The van der Waals surface area contributed by atoms with Crippen LogP contribution in [0.25, 0.3) is 10.9 Å². The summed E-state index contributed by atoms with van der Waals surface area (Å²) in [4.78, 5) is 26.9. The smallest absolute Gasteiger partial charge is 0.267 e. The maximum Gasteiger partial charge on any atom is 0.267 e. The van der Waals surface area contributed by atoms with Crippen LogP contribution in [0.15, 0.2) is 41.2 Å². The Morgan fingerprint density at radius 1 is 1.25 bits per heavy atom. The molecule has 3 aromatic rings. The third-order valence-corrected chi connectivity index (χ3v) is 4.55. The molecule has 0 aliphatic carbocycles. The zero-order valence-corrected chi connectivity index (χ0v) is 15.5. The minimum absolute atomic E-state index is 0.00601. The minimum Gasteiger partial charge on any atom is -0.506 e. The van der Waals surface area contributed by atoms with E-state index in [-0.39, 0.29) is 23.4 Å². The van der Waals surface area contributed by atoms with Gasteiger partial charge in [0, 0.05) is 19.7 Å². The summed E-state index contributed by atoms with van der Waals surface area (Å²) in [6.07, 6.45) is 0. The summed E-state index contributed by atoms with van der Waals surface area (Å²) in [6.45, 7) is 1.57. The predicted octanol–water partition coefficient (Wildman–Crippen LogP) is 3.20. The topological polar surface area (TPSA) is 71.8 Å². The monoisotopic (exact) mass is 388 g/mol. The van der Waals surface area contributed by atoms with Crippen LogP contribution in [0.3, 0.4) is 0 Å². The Balaban J connectivity index is 2.27. The summed E-state index contributed by atoms with van der Waals surface area (Å²) in [5, 5.41) is 10.9. The average molecular weight is 388 g/mol. The van der Waals surface area contributed by atoms with Gasteiger partial charge in [0.1, 0.15) is 28.7 Å². The summed E-state index contributed by atoms with van der Waals surface area (Å²) in [5.41, 5.74) is -1.10. The fraction of sp³-hybridized carbons (Fsp3) is 0.200. The molecule has 6 nitrogen and oxygen atoms in total. The summed E-state index contributed by atoms with van der Waals surface area (Å²) in [7, 11) is 2.85. The highest BCUT2D eigenvalue weighted by atomic mass is 19.1. The van der Waals surface area contributed by atoms with Crippen LogP contribution < -0.4 is 15.2 Å².